The van der Waals surface area contributed by atoms with Crippen molar-refractivity contribution in [2.24, 2.45) is 0 Å². The Labute approximate surface area is 171 Å². The Morgan fingerprint density at radius 2 is 1.68 bits per heavy atom. The zero-order valence-electron chi connectivity index (χ0n) is 16.6. The lowest BCUT2D eigenvalue weighted by Crippen LogP contribution is -2.30. The number of nitrogens with one attached hydrogen (secondary N) is 1. The summed E-state index contributed by atoms with van der Waals surface area (Å²) in [6, 6.07) is 5.81. The maximum Gasteiger partial charge on any atom is 0.263 e. The third-order valence-electron chi connectivity index (χ3n) is 4.12. The van der Waals surface area contributed by atoms with Gasteiger partial charge in [-0.3, -0.25) is 4.72 Å². The number of nitrogens with zero attached hydrogens (tertiary/aromatic N) is 1. The van der Waals surface area contributed by atoms with Gasteiger partial charge in [0.25, 0.3) is 10.0 Å². The Balaban J connectivity index is 2.54. The second-order valence-electron chi connectivity index (χ2n) is 6.06. The molecule has 0 saturated carbocycles. The van der Waals surface area contributed by atoms with Crippen molar-refractivity contribution in [1.82, 2.24) is 4.31 Å². The predicted molar refractivity (Wildman–Crippen MR) is 112 cm³/mol. The third-order valence-corrected chi connectivity index (χ3v) is 8.76. The van der Waals surface area contributed by atoms with Gasteiger partial charge in [-0.25, -0.2) is 16.8 Å². The molecule has 10 heteroatoms. The van der Waals surface area contributed by atoms with Crippen molar-refractivity contribution in [3.05, 3.63) is 34.0 Å². The second kappa shape index (κ2) is 8.81. The van der Waals surface area contributed by atoms with Crippen molar-refractivity contribution in [3.8, 4) is 5.75 Å². The van der Waals surface area contributed by atoms with Crippen LogP contribution in [0.2, 0.25) is 0 Å². The second-order valence-corrected chi connectivity index (χ2v) is 11.1. The van der Waals surface area contributed by atoms with Crippen molar-refractivity contribution >= 4 is 37.1 Å². The molecule has 0 saturated heterocycles. The molecule has 7 nitrogen and oxygen atoms in total. The van der Waals surface area contributed by atoms with Crippen LogP contribution in [0, 0.1) is 13.8 Å². The van der Waals surface area contributed by atoms with Gasteiger partial charge in [-0.15, -0.1) is 11.3 Å². The van der Waals surface area contributed by atoms with Crippen LogP contribution in [0.15, 0.2) is 34.1 Å². The lowest BCUT2D eigenvalue weighted by molar-refractivity contribution is 0.341. The molecule has 0 radical (unpaired) electrons. The summed E-state index contributed by atoms with van der Waals surface area (Å²) in [4.78, 5) is 1.72. The summed E-state index contributed by atoms with van der Waals surface area (Å²) in [5, 5.41) is 0. The zero-order valence-corrected chi connectivity index (χ0v) is 19.1. The number of hydrogen-bond donors (Lipinski definition) is 1. The lowest BCUT2D eigenvalue weighted by atomic mass is 10.3. The number of sulfonamides is 2. The van der Waals surface area contributed by atoms with Gasteiger partial charge in [0.15, 0.2) is 0 Å². The Hall–Kier alpha value is -1.62. The number of hydrogen-bond acceptors (Lipinski definition) is 6. The number of benzene rings is 1. The van der Waals surface area contributed by atoms with Crippen LogP contribution in [-0.2, 0) is 20.0 Å². The molecule has 0 atom stereocenters. The van der Waals surface area contributed by atoms with Gasteiger partial charge in [0, 0.05) is 22.8 Å². The van der Waals surface area contributed by atoms with E-state index in [2.05, 4.69) is 4.72 Å². The summed E-state index contributed by atoms with van der Waals surface area (Å²) in [6.07, 6.45) is 0. The zero-order chi connectivity index (χ0) is 21.1. The first-order chi connectivity index (χ1) is 13.1. The van der Waals surface area contributed by atoms with Crippen molar-refractivity contribution in [3.63, 3.8) is 0 Å². The predicted octanol–water partition coefficient (Wildman–Crippen LogP) is 3.59. The molecule has 156 valence electrons. The van der Waals surface area contributed by atoms with E-state index >= 15 is 0 Å². The maximum absolute atomic E-state index is 12.9. The van der Waals surface area contributed by atoms with E-state index in [1.807, 2.05) is 6.92 Å². The first kappa shape index (κ1) is 22.7. The highest BCUT2D eigenvalue weighted by Crippen LogP contribution is 2.33. The van der Waals surface area contributed by atoms with E-state index in [9.17, 15) is 16.8 Å². The molecule has 2 rings (SSSR count). The summed E-state index contributed by atoms with van der Waals surface area (Å²) in [5.74, 6) is 0.272. The molecule has 1 heterocycles. The van der Waals surface area contributed by atoms with E-state index in [1.54, 1.807) is 33.8 Å². The van der Waals surface area contributed by atoms with Crippen LogP contribution < -0.4 is 9.46 Å². The fraction of sp³-hybridized carbons (Fsp3) is 0.444. The molecular weight excluding hydrogens is 420 g/mol. The smallest absolute Gasteiger partial charge is 0.263 e. The fourth-order valence-electron chi connectivity index (χ4n) is 2.82. The Kier molecular flexibility index (Phi) is 7.13. The standard InChI is InChI=1S/C18H26N2O5S3/c1-6-20(7-2)28(23,24)15-9-10-17(25-8-3)16(12-15)19-27(21,22)18-11-13(4)26-14(18)5/h9-12,19H,6-8H2,1-5H3. The highest BCUT2D eigenvalue weighted by atomic mass is 32.2. The highest BCUT2D eigenvalue weighted by molar-refractivity contribution is 7.93. The van der Waals surface area contributed by atoms with Gasteiger partial charge >= 0.3 is 0 Å². The molecule has 28 heavy (non-hydrogen) atoms. The molecule has 0 bridgehead atoms. The summed E-state index contributed by atoms with van der Waals surface area (Å²) < 4.78 is 60.7. The topological polar surface area (TPSA) is 92.8 Å². The van der Waals surface area contributed by atoms with Crippen LogP contribution >= 0.6 is 11.3 Å². The van der Waals surface area contributed by atoms with Gasteiger partial charge in [0.05, 0.1) is 17.2 Å². The number of aryl methyl sites for hydroxylation is 2. The highest BCUT2D eigenvalue weighted by Gasteiger charge is 2.25. The first-order valence-electron chi connectivity index (χ1n) is 8.93. The minimum atomic E-state index is -3.89. The molecule has 0 fully saturated rings. The van der Waals surface area contributed by atoms with Gasteiger partial charge in [-0.05, 0) is 45.0 Å². The number of anilines is 1. The van der Waals surface area contributed by atoms with Crippen molar-refractivity contribution in [1.29, 1.82) is 0 Å². The van der Waals surface area contributed by atoms with E-state index in [1.165, 1.54) is 33.8 Å². The summed E-state index contributed by atoms with van der Waals surface area (Å²) in [7, 11) is -7.62. The quantitative estimate of drug-likeness (QED) is 0.635. The fourth-order valence-corrected chi connectivity index (χ4v) is 6.92. The SMILES string of the molecule is CCOc1ccc(S(=O)(=O)N(CC)CC)cc1NS(=O)(=O)c1cc(C)sc1C. The van der Waals surface area contributed by atoms with E-state index < -0.39 is 20.0 Å². The Morgan fingerprint density at radius 3 is 2.18 bits per heavy atom. The average Bonchev–Trinajstić information content (AvgIpc) is 2.96. The van der Waals surface area contributed by atoms with Crippen molar-refractivity contribution < 1.29 is 21.6 Å². The molecule has 1 N–H and O–H groups in total. The molecule has 0 aliphatic heterocycles. The van der Waals surface area contributed by atoms with E-state index in [4.69, 9.17) is 4.74 Å². The third kappa shape index (κ3) is 4.68. The molecule has 1 aromatic carbocycles. The Bertz CT molecular complexity index is 1040. The van der Waals surface area contributed by atoms with Gasteiger partial charge in [0.2, 0.25) is 10.0 Å². The van der Waals surface area contributed by atoms with Gasteiger partial charge in [0.1, 0.15) is 10.6 Å². The van der Waals surface area contributed by atoms with Crippen molar-refractivity contribution in [2.75, 3.05) is 24.4 Å². The molecular formula is C18H26N2O5S3. The summed E-state index contributed by atoms with van der Waals surface area (Å²) in [5.41, 5.74) is 0.0957. The van der Waals surface area contributed by atoms with Gasteiger partial charge in [-0.2, -0.15) is 4.31 Å². The summed E-state index contributed by atoms with van der Waals surface area (Å²) in [6.45, 7) is 9.79. The molecule has 0 unspecified atom stereocenters. The monoisotopic (exact) mass is 446 g/mol. The lowest BCUT2D eigenvalue weighted by Gasteiger charge is -2.20. The van der Waals surface area contributed by atoms with E-state index in [-0.39, 0.29) is 21.2 Å². The molecule has 1 aromatic heterocycles. The van der Waals surface area contributed by atoms with Crippen LogP contribution in [0.5, 0.6) is 5.75 Å². The molecule has 0 aliphatic carbocycles. The van der Waals surface area contributed by atoms with Gasteiger partial charge < -0.3 is 4.74 Å². The number of rotatable bonds is 9. The molecule has 0 aliphatic rings. The maximum atomic E-state index is 12.9. The largest absolute Gasteiger partial charge is 0.492 e. The summed E-state index contributed by atoms with van der Waals surface area (Å²) >= 11 is 1.39. The van der Waals surface area contributed by atoms with Crippen LogP contribution in [0.25, 0.3) is 0 Å². The minimum absolute atomic E-state index is 0.00979. The molecule has 0 spiro atoms. The van der Waals surface area contributed by atoms with Crippen molar-refractivity contribution in [2.45, 2.75) is 44.4 Å². The Morgan fingerprint density at radius 1 is 1.04 bits per heavy atom. The first-order valence-corrected chi connectivity index (χ1v) is 12.7. The number of ether oxygens (including phenoxy) is 1. The number of thiophene rings is 1. The van der Waals surface area contributed by atoms with Crippen LogP contribution in [0.4, 0.5) is 5.69 Å². The van der Waals surface area contributed by atoms with E-state index in [0.717, 1.165) is 4.88 Å². The van der Waals surface area contributed by atoms with Gasteiger partial charge in [-0.1, -0.05) is 13.8 Å². The minimum Gasteiger partial charge on any atom is -0.492 e. The van der Waals surface area contributed by atoms with Crippen LogP contribution in [0.1, 0.15) is 30.5 Å². The molecule has 2 aromatic rings. The average molecular weight is 447 g/mol. The van der Waals surface area contributed by atoms with Crippen LogP contribution in [0.3, 0.4) is 0 Å². The normalized spacial score (nSPS) is 12.4. The van der Waals surface area contributed by atoms with Crippen LogP contribution in [-0.4, -0.2) is 40.8 Å². The van der Waals surface area contributed by atoms with E-state index in [0.29, 0.717) is 24.6 Å². The molecule has 0 amide bonds.